The molecule has 1 aliphatic rings. The predicted molar refractivity (Wildman–Crippen MR) is 84.2 cm³/mol. The van der Waals surface area contributed by atoms with E-state index in [1.165, 1.54) is 11.1 Å². The van der Waals surface area contributed by atoms with Crippen LogP contribution in [0, 0.1) is 6.92 Å². The van der Waals surface area contributed by atoms with E-state index < -0.39 is 0 Å². The first-order chi connectivity index (χ1) is 10.1. The number of hydrogen-bond acceptors (Lipinski definition) is 4. The van der Waals surface area contributed by atoms with Gasteiger partial charge in [0.25, 0.3) is 0 Å². The summed E-state index contributed by atoms with van der Waals surface area (Å²) in [5, 5.41) is 9.33. The van der Waals surface area contributed by atoms with Crippen LogP contribution in [0.4, 0.5) is 0 Å². The fraction of sp³-hybridized carbons (Fsp3) is 0.375. The lowest BCUT2D eigenvalue weighted by Crippen LogP contribution is -2.48. The standard InChI is InChI=1S/C16H19N3OS/c1-10-9-21-16(18-10)11(2)19-15(20)14-7-12-5-3-4-6-13(12)8-17-14/h3-6,9,11,14,17H,7-8H2,1-2H3,(H,19,20)/t11?,14-/m0/s1. The second-order valence-corrected chi connectivity index (χ2v) is 6.35. The normalized spacial score (nSPS) is 18.9. The summed E-state index contributed by atoms with van der Waals surface area (Å²) >= 11 is 1.59. The van der Waals surface area contributed by atoms with Crippen LogP contribution in [-0.4, -0.2) is 16.9 Å². The Hall–Kier alpha value is -1.72. The number of aromatic nitrogens is 1. The van der Waals surface area contributed by atoms with Gasteiger partial charge in [-0.3, -0.25) is 4.79 Å². The van der Waals surface area contributed by atoms with Gasteiger partial charge in [0, 0.05) is 17.6 Å². The summed E-state index contributed by atoms with van der Waals surface area (Å²) in [5.41, 5.74) is 3.54. The van der Waals surface area contributed by atoms with Crippen LogP contribution in [0.1, 0.15) is 34.8 Å². The lowest BCUT2D eigenvalue weighted by molar-refractivity contribution is -0.124. The van der Waals surface area contributed by atoms with Crippen LogP contribution in [0.2, 0.25) is 0 Å². The van der Waals surface area contributed by atoms with E-state index in [0.29, 0.717) is 0 Å². The lowest BCUT2D eigenvalue weighted by Gasteiger charge is -2.26. The summed E-state index contributed by atoms with van der Waals surface area (Å²) in [6.07, 6.45) is 0.742. The van der Waals surface area contributed by atoms with E-state index in [2.05, 4.69) is 27.8 Å². The molecule has 0 spiro atoms. The number of fused-ring (bicyclic) bond motifs is 1. The first-order valence-electron chi connectivity index (χ1n) is 7.16. The number of benzene rings is 1. The van der Waals surface area contributed by atoms with Crippen molar-refractivity contribution in [2.75, 3.05) is 0 Å². The van der Waals surface area contributed by atoms with E-state index in [0.717, 1.165) is 23.7 Å². The fourth-order valence-electron chi connectivity index (χ4n) is 2.59. The molecule has 1 aromatic carbocycles. The van der Waals surface area contributed by atoms with Crippen molar-refractivity contribution >= 4 is 17.2 Å². The maximum Gasteiger partial charge on any atom is 0.238 e. The Balaban J connectivity index is 1.64. The highest BCUT2D eigenvalue weighted by molar-refractivity contribution is 7.09. The number of rotatable bonds is 3. The van der Waals surface area contributed by atoms with Crippen LogP contribution < -0.4 is 10.6 Å². The summed E-state index contributed by atoms with van der Waals surface area (Å²) in [5.74, 6) is 0.0462. The maximum absolute atomic E-state index is 12.4. The SMILES string of the molecule is Cc1csc(C(C)NC(=O)[C@@H]2Cc3ccccc3CN2)n1. The average Bonchev–Trinajstić information content (AvgIpc) is 2.93. The zero-order chi connectivity index (χ0) is 14.8. The summed E-state index contributed by atoms with van der Waals surface area (Å²) in [6.45, 7) is 4.69. The van der Waals surface area contributed by atoms with Crippen LogP contribution in [-0.2, 0) is 17.8 Å². The van der Waals surface area contributed by atoms with Crippen molar-refractivity contribution in [2.24, 2.45) is 0 Å². The van der Waals surface area contributed by atoms with Crippen molar-refractivity contribution in [3.05, 3.63) is 51.5 Å². The van der Waals surface area contributed by atoms with Crippen LogP contribution in [0.25, 0.3) is 0 Å². The predicted octanol–water partition coefficient (Wildman–Crippen LogP) is 2.34. The number of hydrogen-bond donors (Lipinski definition) is 2. The molecule has 110 valence electrons. The highest BCUT2D eigenvalue weighted by Crippen LogP contribution is 2.19. The molecule has 1 amide bonds. The number of carbonyl (C=O) groups excluding carboxylic acids is 1. The van der Waals surface area contributed by atoms with E-state index >= 15 is 0 Å². The molecular weight excluding hydrogens is 282 g/mol. The molecule has 0 fully saturated rings. The van der Waals surface area contributed by atoms with Gasteiger partial charge >= 0.3 is 0 Å². The molecule has 5 heteroatoms. The molecule has 0 aliphatic carbocycles. The van der Waals surface area contributed by atoms with E-state index in [1.54, 1.807) is 11.3 Å². The molecule has 2 atom stereocenters. The lowest BCUT2D eigenvalue weighted by atomic mass is 9.95. The largest absolute Gasteiger partial charge is 0.346 e. The summed E-state index contributed by atoms with van der Waals surface area (Å²) in [6, 6.07) is 8.06. The Morgan fingerprint density at radius 3 is 2.90 bits per heavy atom. The molecular formula is C16H19N3OS. The molecule has 4 nitrogen and oxygen atoms in total. The van der Waals surface area contributed by atoms with Crippen LogP contribution in [0.5, 0.6) is 0 Å². The first kappa shape index (κ1) is 14.2. The van der Waals surface area contributed by atoms with Gasteiger partial charge in [-0.25, -0.2) is 4.98 Å². The van der Waals surface area contributed by atoms with E-state index in [-0.39, 0.29) is 18.0 Å². The third-order valence-electron chi connectivity index (χ3n) is 3.76. The monoisotopic (exact) mass is 301 g/mol. The number of carbonyl (C=O) groups is 1. The molecule has 1 aliphatic heterocycles. The zero-order valence-corrected chi connectivity index (χ0v) is 13.0. The van der Waals surface area contributed by atoms with E-state index in [1.807, 2.05) is 31.4 Å². The van der Waals surface area contributed by atoms with Gasteiger partial charge in [-0.1, -0.05) is 24.3 Å². The molecule has 1 unspecified atom stereocenters. The Labute approximate surface area is 128 Å². The Morgan fingerprint density at radius 1 is 1.43 bits per heavy atom. The Kier molecular flexibility index (Phi) is 4.03. The molecule has 0 saturated heterocycles. The van der Waals surface area contributed by atoms with Crippen molar-refractivity contribution in [2.45, 2.75) is 38.9 Å². The average molecular weight is 301 g/mol. The molecule has 2 N–H and O–H groups in total. The molecule has 3 rings (SSSR count). The zero-order valence-electron chi connectivity index (χ0n) is 12.2. The molecule has 0 bridgehead atoms. The minimum absolute atomic E-state index is 0.0461. The van der Waals surface area contributed by atoms with Gasteiger partial charge in [0.05, 0.1) is 12.1 Å². The number of aryl methyl sites for hydroxylation is 1. The van der Waals surface area contributed by atoms with Crippen LogP contribution in [0.3, 0.4) is 0 Å². The molecule has 0 saturated carbocycles. The first-order valence-corrected chi connectivity index (χ1v) is 8.04. The second-order valence-electron chi connectivity index (χ2n) is 5.46. The smallest absolute Gasteiger partial charge is 0.238 e. The second kappa shape index (κ2) is 5.95. The number of amides is 1. The minimum Gasteiger partial charge on any atom is -0.346 e. The van der Waals surface area contributed by atoms with Gasteiger partial charge in [-0.2, -0.15) is 0 Å². The number of thiazole rings is 1. The third kappa shape index (κ3) is 3.14. The Morgan fingerprint density at radius 2 is 2.19 bits per heavy atom. The van der Waals surface area contributed by atoms with Crippen molar-refractivity contribution in [1.82, 2.24) is 15.6 Å². The number of nitrogens with one attached hydrogen (secondary N) is 2. The Bertz CT molecular complexity index is 652. The van der Waals surface area contributed by atoms with Crippen molar-refractivity contribution in [1.29, 1.82) is 0 Å². The molecule has 1 aromatic heterocycles. The van der Waals surface area contributed by atoms with Gasteiger partial charge in [0.1, 0.15) is 5.01 Å². The fourth-order valence-corrected chi connectivity index (χ4v) is 3.39. The highest BCUT2D eigenvalue weighted by Gasteiger charge is 2.25. The summed E-state index contributed by atoms with van der Waals surface area (Å²) in [4.78, 5) is 16.8. The van der Waals surface area contributed by atoms with Gasteiger partial charge in [0.2, 0.25) is 5.91 Å². The van der Waals surface area contributed by atoms with Gasteiger partial charge in [-0.15, -0.1) is 11.3 Å². The highest BCUT2D eigenvalue weighted by atomic mass is 32.1. The van der Waals surface area contributed by atoms with Crippen LogP contribution >= 0.6 is 11.3 Å². The maximum atomic E-state index is 12.4. The van der Waals surface area contributed by atoms with E-state index in [4.69, 9.17) is 0 Å². The van der Waals surface area contributed by atoms with Gasteiger partial charge < -0.3 is 10.6 Å². The summed E-state index contributed by atoms with van der Waals surface area (Å²) in [7, 11) is 0. The van der Waals surface area contributed by atoms with Crippen molar-refractivity contribution in [3.8, 4) is 0 Å². The molecule has 0 radical (unpaired) electrons. The van der Waals surface area contributed by atoms with Crippen LogP contribution in [0.15, 0.2) is 29.6 Å². The minimum atomic E-state index is -0.164. The third-order valence-corrected chi connectivity index (χ3v) is 4.91. The van der Waals surface area contributed by atoms with Crippen molar-refractivity contribution in [3.63, 3.8) is 0 Å². The van der Waals surface area contributed by atoms with Crippen molar-refractivity contribution < 1.29 is 4.79 Å². The van der Waals surface area contributed by atoms with Gasteiger partial charge in [-0.05, 0) is 31.4 Å². The number of nitrogens with zero attached hydrogens (tertiary/aromatic N) is 1. The van der Waals surface area contributed by atoms with E-state index in [9.17, 15) is 4.79 Å². The molecule has 2 heterocycles. The quantitative estimate of drug-likeness (QED) is 0.915. The molecule has 2 aromatic rings. The van der Waals surface area contributed by atoms with Gasteiger partial charge in [0.15, 0.2) is 0 Å². The topological polar surface area (TPSA) is 54.0 Å². The molecule has 21 heavy (non-hydrogen) atoms. The summed E-state index contributed by atoms with van der Waals surface area (Å²) < 4.78 is 0.